The van der Waals surface area contributed by atoms with E-state index in [0.29, 0.717) is 23.8 Å². The zero-order chi connectivity index (χ0) is 14.1. The minimum absolute atomic E-state index is 0.572. The lowest BCUT2D eigenvalue weighted by atomic mass is 9.83. The number of rotatable bonds is 4. The van der Waals surface area contributed by atoms with E-state index < -0.39 is 0 Å². The number of hydrogen-bond donors (Lipinski definition) is 1. The van der Waals surface area contributed by atoms with Crippen LogP contribution in [0.5, 0.6) is 0 Å². The van der Waals surface area contributed by atoms with Gasteiger partial charge in [0.15, 0.2) is 0 Å². The molecule has 0 heterocycles. The van der Waals surface area contributed by atoms with Gasteiger partial charge in [0.1, 0.15) is 0 Å². The van der Waals surface area contributed by atoms with Crippen molar-refractivity contribution in [2.75, 3.05) is 0 Å². The van der Waals surface area contributed by atoms with Crippen LogP contribution in [0.15, 0.2) is 72.8 Å². The zero-order valence-corrected chi connectivity index (χ0v) is 12.2. The third-order valence-corrected chi connectivity index (χ3v) is 5.03. The van der Waals surface area contributed by atoms with Crippen LogP contribution in [0.3, 0.4) is 0 Å². The molecule has 2 aromatic carbocycles. The second kappa shape index (κ2) is 5.50. The topological polar surface area (TPSA) is 12.0 Å². The van der Waals surface area contributed by atoms with Crippen molar-refractivity contribution in [1.29, 1.82) is 0 Å². The normalized spacial score (nSPS) is 29.9. The fourth-order valence-electron chi connectivity index (χ4n) is 4.06. The minimum atomic E-state index is 0.572. The molecule has 4 atom stereocenters. The molecule has 21 heavy (non-hydrogen) atoms. The molecule has 0 aromatic heterocycles. The van der Waals surface area contributed by atoms with E-state index >= 15 is 0 Å². The van der Waals surface area contributed by atoms with Crippen LogP contribution in [-0.4, -0.2) is 6.04 Å². The van der Waals surface area contributed by atoms with Crippen molar-refractivity contribution in [3.8, 4) is 0 Å². The van der Waals surface area contributed by atoms with E-state index in [1.54, 1.807) is 0 Å². The average molecular weight is 275 g/mol. The van der Waals surface area contributed by atoms with Gasteiger partial charge < -0.3 is 5.32 Å². The summed E-state index contributed by atoms with van der Waals surface area (Å²) < 4.78 is 0. The van der Waals surface area contributed by atoms with E-state index in [4.69, 9.17) is 0 Å². The molecule has 1 saturated carbocycles. The van der Waals surface area contributed by atoms with E-state index in [0.717, 1.165) is 6.54 Å². The van der Waals surface area contributed by atoms with Gasteiger partial charge in [0.25, 0.3) is 0 Å². The lowest BCUT2D eigenvalue weighted by Gasteiger charge is -2.29. The lowest BCUT2D eigenvalue weighted by molar-refractivity contribution is 0.405. The van der Waals surface area contributed by atoms with Gasteiger partial charge in [-0.3, -0.25) is 0 Å². The van der Waals surface area contributed by atoms with E-state index in [1.807, 2.05) is 0 Å². The first-order chi connectivity index (χ1) is 10.4. The number of allylic oxidation sites excluding steroid dienone is 1. The van der Waals surface area contributed by atoms with Crippen molar-refractivity contribution in [2.45, 2.75) is 24.9 Å². The van der Waals surface area contributed by atoms with Crippen LogP contribution in [-0.2, 0) is 6.54 Å². The van der Waals surface area contributed by atoms with Gasteiger partial charge in [-0.05, 0) is 29.4 Å². The van der Waals surface area contributed by atoms with Gasteiger partial charge >= 0.3 is 0 Å². The molecule has 4 rings (SSSR count). The maximum atomic E-state index is 3.83. The predicted molar refractivity (Wildman–Crippen MR) is 87.0 cm³/mol. The summed E-state index contributed by atoms with van der Waals surface area (Å²) in [6, 6.07) is 22.3. The second-order valence-electron chi connectivity index (χ2n) is 6.28. The molecule has 0 aliphatic heterocycles. The van der Waals surface area contributed by atoms with Crippen LogP contribution in [0.25, 0.3) is 0 Å². The molecule has 0 spiro atoms. The van der Waals surface area contributed by atoms with Crippen molar-refractivity contribution in [3.05, 3.63) is 83.9 Å². The Labute approximate surface area is 126 Å². The minimum Gasteiger partial charge on any atom is -0.309 e. The first-order valence-corrected chi connectivity index (χ1v) is 7.92. The fraction of sp³-hybridized carbons (Fsp3) is 0.300. The molecule has 1 nitrogen and oxygen atoms in total. The molecule has 2 aromatic rings. The quantitative estimate of drug-likeness (QED) is 0.827. The molecule has 0 radical (unpaired) electrons. The molecule has 2 bridgehead atoms. The largest absolute Gasteiger partial charge is 0.309 e. The summed E-state index contributed by atoms with van der Waals surface area (Å²) in [5, 5.41) is 3.83. The second-order valence-corrected chi connectivity index (χ2v) is 6.28. The molecule has 2 aliphatic carbocycles. The van der Waals surface area contributed by atoms with Crippen LogP contribution in [0.2, 0.25) is 0 Å². The monoisotopic (exact) mass is 275 g/mol. The molecule has 106 valence electrons. The van der Waals surface area contributed by atoms with Crippen LogP contribution in [0.1, 0.15) is 23.5 Å². The summed E-state index contributed by atoms with van der Waals surface area (Å²) in [6.45, 7) is 0.964. The number of hydrogen-bond acceptors (Lipinski definition) is 1. The Hall–Kier alpha value is -1.86. The molecule has 2 aliphatic rings. The van der Waals surface area contributed by atoms with Crippen molar-refractivity contribution in [1.82, 2.24) is 5.32 Å². The van der Waals surface area contributed by atoms with E-state index in [9.17, 15) is 0 Å². The summed E-state index contributed by atoms with van der Waals surface area (Å²) in [4.78, 5) is 0. The van der Waals surface area contributed by atoms with Gasteiger partial charge in [0, 0.05) is 18.5 Å². The molecule has 1 heteroatoms. The molecule has 0 saturated heterocycles. The molecular weight excluding hydrogens is 254 g/mol. The highest BCUT2D eigenvalue weighted by atomic mass is 14.9. The first-order valence-electron chi connectivity index (χ1n) is 7.92. The Balaban J connectivity index is 1.54. The summed E-state index contributed by atoms with van der Waals surface area (Å²) in [7, 11) is 0. The molecular formula is C20H21N. The zero-order valence-electron chi connectivity index (χ0n) is 12.2. The van der Waals surface area contributed by atoms with Crippen molar-refractivity contribution >= 4 is 0 Å². The van der Waals surface area contributed by atoms with E-state index in [1.165, 1.54) is 17.5 Å². The summed E-state index contributed by atoms with van der Waals surface area (Å²) >= 11 is 0. The Morgan fingerprint density at radius 3 is 2.24 bits per heavy atom. The maximum Gasteiger partial charge on any atom is 0.0208 e. The van der Waals surface area contributed by atoms with Gasteiger partial charge in [-0.15, -0.1) is 0 Å². The predicted octanol–water partition coefficient (Wildman–Crippen LogP) is 4.13. The highest BCUT2D eigenvalue weighted by molar-refractivity contribution is 5.31. The van der Waals surface area contributed by atoms with E-state index in [2.05, 4.69) is 78.1 Å². The third kappa shape index (κ3) is 2.43. The van der Waals surface area contributed by atoms with Gasteiger partial charge in [0.05, 0.1) is 0 Å². The fourth-order valence-corrected chi connectivity index (χ4v) is 4.06. The first kappa shape index (κ1) is 12.8. The van der Waals surface area contributed by atoms with Crippen LogP contribution >= 0.6 is 0 Å². The van der Waals surface area contributed by atoms with Crippen LogP contribution in [0.4, 0.5) is 0 Å². The number of nitrogens with one attached hydrogen (secondary N) is 1. The maximum absolute atomic E-state index is 3.83. The number of fused-ring (bicyclic) bond motifs is 2. The Morgan fingerprint density at radius 2 is 1.48 bits per heavy atom. The molecule has 4 unspecified atom stereocenters. The van der Waals surface area contributed by atoms with Gasteiger partial charge in [-0.2, -0.15) is 0 Å². The summed E-state index contributed by atoms with van der Waals surface area (Å²) in [6.07, 6.45) is 6.17. The Morgan fingerprint density at radius 1 is 0.810 bits per heavy atom. The van der Waals surface area contributed by atoms with Gasteiger partial charge in [-0.25, -0.2) is 0 Å². The van der Waals surface area contributed by atoms with E-state index in [-0.39, 0.29) is 0 Å². The lowest BCUT2D eigenvalue weighted by Crippen LogP contribution is -2.37. The summed E-state index contributed by atoms with van der Waals surface area (Å²) in [5.74, 6) is 2.04. The number of benzene rings is 2. The molecule has 1 fully saturated rings. The SMILES string of the molecule is C1=CC2CC1C(NCc1ccccc1)C2c1ccccc1. The van der Waals surface area contributed by atoms with Crippen molar-refractivity contribution < 1.29 is 0 Å². The van der Waals surface area contributed by atoms with Gasteiger partial charge in [-0.1, -0.05) is 72.8 Å². The van der Waals surface area contributed by atoms with Crippen molar-refractivity contribution in [2.24, 2.45) is 11.8 Å². The van der Waals surface area contributed by atoms with Crippen molar-refractivity contribution in [3.63, 3.8) is 0 Å². The smallest absolute Gasteiger partial charge is 0.0208 e. The third-order valence-electron chi connectivity index (χ3n) is 5.03. The standard InChI is InChI=1S/C20H21N/c1-3-7-15(8-4-1)14-21-20-18-12-11-17(13-18)19(20)16-9-5-2-6-10-16/h1-12,17-21H,13-14H2. The van der Waals surface area contributed by atoms with Crippen LogP contribution < -0.4 is 5.32 Å². The highest BCUT2D eigenvalue weighted by Gasteiger charge is 2.44. The Bertz CT molecular complexity index is 617. The highest BCUT2D eigenvalue weighted by Crippen LogP contribution is 2.48. The summed E-state index contributed by atoms with van der Waals surface area (Å²) in [5.41, 5.74) is 2.86. The van der Waals surface area contributed by atoms with Gasteiger partial charge in [0.2, 0.25) is 0 Å². The Kier molecular flexibility index (Phi) is 3.36. The molecule has 0 amide bonds. The average Bonchev–Trinajstić information content (AvgIpc) is 3.16. The van der Waals surface area contributed by atoms with Crippen LogP contribution in [0, 0.1) is 11.8 Å². The molecule has 1 N–H and O–H groups in total.